The predicted molar refractivity (Wildman–Crippen MR) is 68.6 cm³/mol. The average molecular weight is 308 g/mol. The molecule has 3 heteroatoms. The van der Waals surface area contributed by atoms with Crippen LogP contribution in [0, 0.1) is 5.92 Å². The van der Waals surface area contributed by atoms with Gasteiger partial charge in [-0.2, -0.15) is 0 Å². The van der Waals surface area contributed by atoms with Crippen LogP contribution in [0.5, 0.6) is 0 Å². The van der Waals surface area contributed by atoms with Crippen molar-refractivity contribution in [3.63, 3.8) is 0 Å². The van der Waals surface area contributed by atoms with Gasteiger partial charge in [-0.05, 0) is 38.1 Å². The number of nitrogens with zero attached hydrogens (tertiary/aromatic N) is 2. The second-order valence-corrected chi connectivity index (χ2v) is 6.27. The first kappa shape index (κ1) is 11.1. The van der Waals surface area contributed by atoms with Gasteiger partial charge in [0.05, 0.1) is 0 Å². The molecule has 82 valence electrons. The van der Waals surface area contributed by atoms with Crippen LogP contribution < -0.4 is 0 Å². The summed E-state index contributed by atoms with van der Waals surface area (Å²) in [5.74, 6) is 0.924. The SMILES string of the molecule is CC1CCCN(C2CCCN(I)C2)C1. The smallest absolute Gasteiger partial charge is 0.0237 e. The summed E-state index contributed by atoms with van der Waals surface area (Å²) in [5, 5.41) is 0. The molecule has 0 bridgehead atoms. The third-order valence-corrected chi connectivity index (χ3v) is 4.43. The van der Waals surface area contributed by atoms with Crippen LogP contribution in [-0.4, -0.2) is 40.2 Å². The van der Waals surface area contributed by atoms with Crippen LogP contribution in [0.25, 0.3) is 0 Å². The minimum absolute atomic E-state index is 0.850. The van der Waals surface area contributed by atoms with Gasteiger partial charge in [-0.25, -0.2) is 3.11 Å². The molecule has 2 nitrogen and oxygen atoms in total. The third kappa shape index (κ3) is 2.83. The fraction of sp³-hybridized carbons (Fsp3) is 1.00. The number of likely N-dealkylation sites (tertiary alicyclic amines) is 1. The fourth-order valence-corrected chi connectivity index (χ4v) is 3.56. The lowest BCUT2D eigenvalue weighted by atomic mass is 9.96. The van der Waals surface area contributed by atoms with E-state index in [4.69, 9.17) is 0 Å². The molecule has 0 aromatic heterocycles. The minimum Gasteiger partial charge on any atom is -0.299 e. The number of hydrogen-bond acceptors (Lipinski definition) is 2. The zero-order valence-electron chi connectivity index (χ0n) is 9.08. The fourth-order valence-electron chi connectivity index (χ4n) is 2.77. The van der Waals surface area contributed by atoms with Crippen molar-refractivity contribution >= 4 is 22.9 Å². The molecular formula is C11H21IN2. The minimum atomic E-state index is 0.850. The summed E-state index contributed by atoms with van der Waals surface area (Å²) >= 11 is 2.48. The molecule has 2 fully saturated rings. The van der Waals surface area contributed by atoms with Gasteiger partial charge in [-0.15, -0.1) is 0 Å². The number of piperidine rings is 2. The van der Waals surface area contributed by atoms with Crippen LogP contribution in [0.3, 0.4) is 0 Å². The second-order valence-electron chi connectivity index (χ2n) is 4.91. The second kappa shape index (κ2) is 5.12. The van der Waals surface area contributed by atoms with Crippen LogP contribution in [0.4, 0.5) is 0 Å². The van der Waals surface area contributed by atoms with Crippen molar-refractivity contribution in [1.82, 2.24) is 8.01 Å². The summed E-state index contributed by atoms with van der Waals surface area (Å²) in [6, 6.07) is 0.850. The highest BCUT2D eigenvalue weighted by molar-refractivity contribution is 14.1. The van der Waals surface area contributed by atoms with Crippen LogP contribution >= 0.6 is 22.9 Å². The first-order valence-corrected chi connectivity index (χ1v) is 6.87. The van der Waals surface area contributed by atoms with Crippen LogP contribution in [-0.2, 0) is 0 Å². The highest BCUT2D eigenvalue weighted by atomic mass is 127. The molecule has 0 spiro atoms. The Morgan fingerprint density at radius 3 is 2.57 bits per heavy atom. The molecule has 2 saturated heterocycles. The molecule has 2 aliphatic heterocycles. The number of hydrogen-bond donors (Lipinski definition) is 0. The van der Waals surface area contributed by atoms with Crippen molar-refractivity contribution in [3.05, 3.63) is 0 Å². The molecule has 0 N–H and O–H groups in total. The molecule has 14 heavy (non-hydrogen) atoms. The highest BCUT2D eigenvalue weighted by Gasteiger charge is 2.27. The van der Waals surface area contributed by atoms with E-state index in [0.717, 1.165) is 12.0 Å². The zero-order chi connectivity index (χ0) is 9.97. The maximum Gasteiger partial charge on any atom is 0.0237 e. The van der Waals surface area contributed by atoms with Crippen molar-refractivity contribution in [2.45, 2.75) is 38.6 Å². The van der Waals surface area contributed by atoms with E-state index < -0.39 is 0 Å². The molecule has 0 amide bonds. The summed E-state index contributed by atoms with van der Waals surface area (Å²) in [5.41, 5.74) is 0. The molecule has 2 heterocycles. The third-order valence-electron chi connectivity index (χ3n) is 3.55. The van der Waals surface area contributed by atoms with E-state index in [1.165, 1.54) is 51.9 Å². The molecule has 0 aromatic carbocycles. The van der Waals surface area contributed by atoms with Crippen molar-refractivity contribution in [2.75, 3.05) is 26.2 Å². The van der Waals surface area contributed by atoms with E-state index in [-0.39, 0.29) is 0 Å². The summed E-state index contributed by atoms with van der Waals surface area (Å²) in [4.78, 5) is 2.74. The quantitative estimate of drug-likeness (QED) is 0.542. The molecule has 2 rings (SSSR count). The van der Waals surface area contributed by atoms with Crippen LogP contribution in [0.1, 0.15) is 32.6 Å². The first-order chi connectivity index (χ1) is 6.75. The van der Waals surface area contributed by atoms with Gasteiger partial charge < -0.3 is 0 Å². The maximum atomic E-state index is 2.74. The Balaban J connectivity index is 1.86. The van der Waals surface area contributed by atoms with E-state index in [1.54, 1.807) is 0 Å². The van der Waals surface area contributed by atoms with E-state index >= 15 is 0 Å². The van der Waals surface area contributed by atoms with Gasteiger partial charge in [0.2, 0.25) is 0 Å². The monoisotopic (exact) mass is 308 g/mol. The van der Waals surface area contributed by atoms with Crippen molar-refractivity contribution < 1.29 is 0 Å². The number of halogens is 1. The lowest BCUT2D eigenvalue weighted by Crippen LogP contribution is -2.48. The lowest BCUT2D eigenvalue weighted by molar-refractivity contribution is 0.0979. The Kier molecular flexibility index (Phi) is 4.08. The molecule has 0 radical (unpaired) electrons. The summed E-state index contributed by atoms with van der Waals surface area (Å²) in [6.07, 6.45) is 5.67. The van der Waals surface area contributed by atoms with Gasteiger partial charge >= 0.3 is 0 Å². The number of rotatable bonds is 1. The standard InChI is InChI=1S/C11H21IN2/c1-10-4-2-6-13(8-10)11-5-3-7-14(12)9-11/h10-11H,2-9H2,1H3. The molecule has 2 atom stereocenters. The predicted octanol–water partition coefficient (Wildman–Crippen LogP) is 2.53. The van der Waals surface area contributed by atoms with Crippen LogP contribution in [0.2, 0.25) is 0 Å². The van der Waals surface area contributed by atoms with Gasteiger partial charge in [-0.3, -0.25) is 4.90 Å². The molecule has 0 aliphatic carbocycles. The van der Waals surface area contributed by atoms with Gasteiger partial charge in [0.15, 0.2) is 0 Å². The van der Waals surface area contributed by atoms with E-state index in [9.17, 15) is 0 Å². The highest BCUT2D eigenvalue weighted by Crippen LogP contribution is 2.23. The Labute approximate surface area is 102 Å². The summed E-state index contributed by atoms with van der Waals surface area (Å²) in [6.45, 7) is 7.67. The van der Waals surface area contributed by atoms with Crippen molar-refractivity contribution in [3.8, 4) is 0 Å². The largest absolute Gasteiger partial charge is 0.299 e. The molecule has 2 aliphatic rings. The maximum absolute atomic E-state index is 2.74. The Morgan fingerprint density at radius 1 is 1.07 bits per heavy atom. The topological polar surface area (TPSA) is 6.48 Å². The first-order valence-electron chi connectivity index (χ1n) is 5.90. The van der Waals surface area contributed by atoms with Gasteiger partial charge in [0.1, 0.15) is 0 Å². The van der Waals surface area contributed by atoms with Crippen molar-refractivity contribution in [2.24, 2.45) is 5.92 Å². The Hall–Kier alpha value is 0.650. The summed E-state index contributed by atoms with van der Waals surface area (Å²) < 4.78 is 2.46. The van der Waals surface area contributed by atoms with Gasteiger partial charge in [-0.1, -0.05) is 6.92 Å². The molecule has 0 aromatic rings. The normalized spacial score (nSPS) is 37.3. The van der Waals surface area contributed by atoms with E-state index in [1.807, 2.05) is 0 Å². The Bertz CT molecular complexity index is 166. The Morgan fingerprint density at radius 2 is 1.86 bits per heavy atom. The van der Waals surface area contributed by atoms with Crippen LogP contribution in [0.15, 0.2) is 0 Å². The van der Waals surface area contributed by atoms with E-state index in [2.05, 4.69) is 37.8 Å². The van der Waals surface area contributed by atoms with Gasteiger partial charge in [0, 0.05) is 48.5 Å². The van der Waals surface area contributed by atoms with Crippen molar-refractivity contribution in [1.29, 1.82) is 0 Å². The molecule has 2 unspecified atom stereocenters. The zero-order valence-corrected chi connectivity index (χ0v) is 11.2. The molecular weight excluding hydrogens is 287 g/mol. The van der Waals surface area contributed by atoms with E-state index in [0.29, 0.717) is 0 Å². The average Bonchev–Trinajstić information content (AvgIpc) is 2.18. The lowest BCUT2D eigenvalue weighted by Gasteiger charge is -2.40. The van der Waals surface area contributed by atoms with Gasteiger partial charge in [0.25, 0.3) is 0 Å². The summed E-state index contributed by atoms with van der Waals surface area (Å²) in [7, 11) is 0. The molecule has 0 saturated carbocycles.